The molecule has 0 amide bonds. The Hall–Kier alpha value is -1.64. The van der Waals surface area contributed by atoms with Gasteiger partial charge in [0.1, 0.15) is 17.4 Å². The first-order valence-electron chi connectivity index (χ1n) is 5.32. The van der Waals surface area contributed by atoms with Crippen molar-refractivity contribution in [1.29, 1.82) is 5.26 Å². The Labute approximate surface area is 98.6 Å². The number of halogens is 1. The molecule has 0 radical (unpaired) electrons. The number of ether oxygens (including phenoxy) is 1. The number of aliphatic hydroxyl groups excluding tert-OH is 1. The van der Waals surface area contributed by atoms with Crippen LogP contribution in [-0.4, -0.2) is 31.5 Å². The fourth-order valence-corrected chi connectivity index (χ4v) is 1.71. The molecule has 0 atom stereocenters. The average molecular weight is 236 g/mol. The Kier molecular flexibility index (Phi) is 3.27. The number of hydrogen-bond donors (Lipinski definition) is 2. The molecule has 5 heteroatoms. The van der Waals surface area contributed by atoms with Crippen LogP contribution in [0.5, 0.6) is 0 Å². The fourth-order valence-electron chi connectivity index (χ4n) is 1.71. The number of benzene rings is 1. The van der Waals surface area contributed by atoms with Gasteiger partial charge in [-0.05, 0) is 12.1 Å². The van der Waals surface area contributed by atoms with Gasteiger partial charge in [0.05, 0.1) is 30.9 Å². The van der Waals surface area contributed by atoms with E-state index in [2.05, 4.69) is 5.32 Å². The second kappa shape index (κ2) is 4.70. The van der Waals surface area contributed by atoms with Gasteiger partial charge in [-0.1, -0.05) is 6.07 Å². The highest BCUT2D eigenvalue weighted by Gasteiger charge is 2.37. The van der Waals surface area contributed by atoms with Gasteiger partial charge in [0, 0.05) is 6.54 Å². The average Bonchev–Trinajstić information content (AvgIpc) is 2.28. The molecule has 0 unspecified atom stereocenters. The zero-order valence-corrected chi connectivity index (χ0v) is 9.24. The van der Waals surface area contributed by atoms with Crippen molar-refractivity contribution in [3.8, 4) is 6.07 Å². The largest absolute Gasteiger partial charge is 0.396 e. The van der Waals surface area contributed by atoms with Crippen LogP contribution in [0.1, 0.15) is 5.56 Å². The summed E-state index contributed by atoms with van der Waals surface area (Å²) in [6, 6.07) is 6.26. The number of rotatable bonds is 4. The number of hydrogen-bond acceptors (Lipinski definition) is 4. The van der Waals surface area contributed by atoms with E-state index >= 15 is 0 Å². The number of nitriles is 1. The lowest BCUT2D eigenvalue weighted by molar-refractivity contribution is -0.128. The summed E-state index contributed by atoms with van der Waals surface area (Å²) in [5.41, 5.74) is 0.145. The van der Waals surface area contributed by atoms with Gasteiger partial charge >= 0.3 is 0 Å². The van der Waals surface area contributed by atoms with Crippen molar-refractivity contribution in [2.24, 2.45) is 5.41 Å². The first-order chi connectivity index (χ1) is 8.21. The summed E-state index contributed by atoms with van der Waals surface area (Å²) in [6.45, 7) is 1.43. The summed E-state index contributed by atoms with van der Waals surface area (Å²) in [4.78, 5) is 0. The van der Waals surface area contributed by atoms with Crippen LogP contribution in [0.2, 0.25) is 0 Å². The molecule has 2 N–H and O–H groups in total. The summed E-state index contributed by atoms with van der Waals surface area (Å²) < 4.78 is 18.4. The highest BCUT2D eigenvalue weighted by atomic mass is 19.1. The van der Waals surface area contributed by atoms with Crippen LogP contribution >= 0.6 is 0 Å². The minimum Gasteiger partial charge on any atom is -0.396 e. The lowest BCUT2D eigenvalue weighted by Crippen LogP contribution is -2.50. The Morgan fingerprint density at radius 2 is 2.29 bits per heavy atom. The van der Waals surface area contributed by atoms with Crippen molar-refractivity contribution in [3.63, 3.8) is 0 Å². The van der Waals surface area contributed by atoms with Crippen LogP contribution in [-0.2, 0) is 4.74 Å². The van der Waals surface area contributed by atoms with E-state index < -0.39 is 5.82 Å². The summed E-state index contributed by atoms with van der Waals surface area (Å²) in [6.07, 6.45) is 0. The van der Waals surface area contributed by atoms with Crippen LogP contribution in [0, 0.1) is 22.6 Å². The molecule has 0 bridgehead atoms. The lowest BCUT2D eigenvalue weighted by Gasteiger charge is -2.40. The number of anilines is 1. The maximum Gasteiger partial charge on any atom is 0.143 e. The molecule has 0 saturated carbocycles. The molecule has 1 aliphatic heterocycles. The zero-order chi connectivity index (χ0) is 12.3. The van der Waals surface area contributed by atoms with E-state index in [1.165, 1.54) is 6.07 Å². The number of aliphatic hydroxyl groups is 1. The van der Waals surface area contributed by atoms with Gasteiger partial charge in [-0.25, -0.2) is 4.39 Å². The van der Waals surface area contributed by atoms with Crippen molar-refractivity contribution >= 4 is 5.69 Å². The Morgan fingerprint density at radius 1 is 1.53 bits per heavy atom. The first kappa shape index (κ1) is 11.8. The van der Waals surface area contributed by atoms with Gasteiger partial charge in [0.15, 0.2) is 0 Å². The SMILES string of the molecule is N#Cc1c(F)cccc1NCC1(CO)COC1. The zero-order valence-electron chi connectivity index (χ0n) is 9.24. The Morgan fingerprint density at radius 3 is 2.82 bits per heavy atom. The maximum absolute atomic E-state index is 13.3. The van der Waals surface area contributed by atoms with Crippen molar-refractivity contribution in [3.05, 3.63) is 29.6 Å². The summed E-state index contributed by atoms with van der Waals surface area (Å²) in [7, 11) is 0. The van der Waals surface area contributed by atoms with Crippen LogP contribution in [0.25, 0.3) is 0 Å². The van der Waals surface area contributed by atoms with Crippen LogP contribution in [0.15, 0.2) is 18.2 Å². The van der Waals surface area contributed by atoms with Gasteiger partial charge in [0.2, 0.25) is 0 Å². The third-order valence-corrected chi connectivity index (χ3v) is 2.93. The molecule has 0 aromatic heterocycles. The highest BCUT2D eigenvalue weighted by Crippen LogP contribution is 2.28. The smallest absolute Gasteiger partial charge is 0.143 e. The normalized spacial score (nSPS) is 17.0. The molecule has 1 saturated heterocycles. The predicted octanol–water partition coefficient (Wildman–Crippen LogP) is 1.12. The molecular weight excluding hydrogens is 223 g/mol. The van der Waals surface area contributed by atoms with Crippen molar-refractivity contribution in [2.45, 2.75) is 0 Å². The third kappa shape index (κ3) is 2.23. The Balaban J connectivity index is 2.09. The van der Waals surface area contributed by atoms with E-state index in [0.29, 0.717) is 25.4 Å². The second-order valence-corrected chi connectivity index (χ2v) is 4.28. The van der Waals surface area contributed by atoms with Crippen LogP contribution < -0.4 is 5.32 Å². The van der Waals surface area contributed by atoms with E-state index in [1.54, 1.807) is 12.1 Å². The highest BCUT2D eigenvalue weighted by molar-refractivity contribution is 5.58. The van der Waals surface area contributed by atoms with Gasteiger partial charge in [-0.2, -0.15) is 5.26 Å². The molecule has 1 heterocycles. The molecule has 4 nitrogen and oxygen atoms in total. The van der Waals surface area contributed by atoms with Gasteiger partial charge in [0.25, 0.3) is 0 Å². The minimum absolute atomic E-state index is 0.000770. The summed E-state index contributed by atoms with van der Waals surface area (Å²) >= 11 is 0. The molecule has 90 valence electrons. The van der Waals surface area contributed by atoms with E-state index in [9.17, 15) is 9.50 Å². The molecule has 17 heavy (non-hydrogen) atoms. The van der Waals surface area contributed by atoms with Gasteiger partial charge < -0.3 is 15.2 Å². The second-order valence-electron chi connectivity index (χ2n) is 4.28. The van der Waals surface area contributed by atoms with E-state index in [0.717, 1.165) is 0 Å². The molecular formula is C12H13FN2O2. The maximum atomic E-state index is 13.3. The van der Waals surface area contributed by atoms with Crippen molar-refractivity contribution in [1.82, 2.24) is 0 Å². The third-order valence-electron chi connectivity index (χ3n) is 2.93. The number of nitrogens with zero attached hydrogens (tertiary/aromatic N) is 1. The molecule has 0 spiro atoms. The standard InChI is InChI=1S/C12H13FN2O2/c13-10-2-1-3-11(9(10)4-14)15-5-12(6-16)7-17-8-12/h1-3,15-16H,5-8H2. The quantitative estimate of drug-likeness (QED) is 0.822. The van der Waals surface area contributed by atoms with E-state index in [1.807, 2.05) is 6.07 Å². The van der Waals surface area contributed by atoms with E-state index in [-0.39, 0.29) is 17.6 Å². The lowest BCUT2D eigenvalue weighted by atomic mass is 9.87. The molecule has 1 aromatic carbocycles. The topological polar surface area (TPSA) is 65.3 Å². The summed E-state index contributed by atoms with van der Waals surface area (Å²) in [5, 5.41) is 21.1. The molecule has 0 aliphatic carbocycles. The fraction of sp³-hybridized carbons (Fsp3) is 0.417. The van der Waals surface area contributed by atoms with Crippen LogP contribution in [0.3, 0.4) is 0 Å². The van der Waals surface area contributed by atoms with Crippen LogP contribution in [0.4, 0.5) is 10.1 Å². The summed E-state index contributed by atoms with van der Waals surface area (Å²) in [5.74, 6) is -0.541. The first-order valence-corrected chi connectivity index (χ1v) is 5.32. The van der Waals surface area contributed by atoms with Crippen molar-refractivity contribution in [2.75, 3.05) is 31.7 Å². The molecule has 2 rings (SSSR count). The van der Waals surface area contributed by atoms with E-state index in [4.69, 9.17) is 10.00 Å². The predicted molar refractivity (Wildman–Crippen MR) is 59.9 cm³/mol. The van der Waals surface area contributed by atoms with Crippen molar-refractivity contribution < 1.29 is 14.2 Å². The monoisotopic (exact) mass is 236 g/mol. The molecule has 1 fully saturated rings. The van der Waals surface area contributed by atoms with Gasteiger partial charge in [-0.3, -0.25) is 0 Å². The van der Waals surface area contributed by atoms with Gasteiger partial charge in [-0.15, -0.1) is 0 Å². The Bertz CT molecular complexity index is 447. The minimum atomic E-state index is -0.541. The molecule has 1 aromatic rings. The molecule has 1 aliphatic rings. The number of nitrogens with one attached hydrogen (secondary N) is 1.